The molecule has 0 fully saturated rings. The van der Waals surface area contributed by atoms with Gasteiger partial charge in [-0.2, -0.15) is 9.97 Å². The molecule has 0 saturated heterocycles. The van der Waals surface area contributed by atoms with E-state index < -0.39 is 5.69 Å². The minimum absolute atomic E-state index is 0.127. The number of nitrogens with one attached hydrogen (secondary N) is 1. The molecular weight excluding hydrogens is 244 g/mol. The third-order valence-corrected chi connectivity index (χ3v) is 2.38. The zero-order valence-electron chi connectivity index (χ0n) is 10.5. The fourth-order valence-electron chi connectivity index (χ4n) is 1.51. The Labute approximate surface area is 109 Å². The Bertz CT molecular complexity index is 651. The summed E-state index contributed by atoms with van der Waals surface area (Å²) in [5.41, 5.74) is 1.05. The average Bonchev–Trinajstić information content (AvgIpc) is 2.38. The molecule has 2 aromatic heterocycles. The average molecular weight is 258 g/mol. The van der Waals surface area contributed by atoms with Crippen molar-refractivity contribution >= 4 is 5.95 Å². The summed E-state index contributed by atoms with van der Waals surface area (Å²) in [6, 6.07) is 3.67. The number of nitrogens with two attached hydrogens (primary N) is 1. The maximum atomic E-state index is 11.5. The lowest BCUT2D eigenvalue weighted by Gasteiger charge is -2.13. The summed E-state index contributed by atoms with van der Waals surface area (Å²) in [4.78, 5) is 26.1. The molecule has 98 valence electrons. The SMILES string of the molecule is C=CCN(N)c1nc(-c2cc(C)ccn2)[nH]c(=O)n1. The highest BCUT2D eigenvalue weighted by molar-refractivity contribution is 5.51. The third kappa shape index (κ3) is 3.02. The lowest BCUT2D eigenvalue weighted by molar-refractivity contribution is 0.845. The van der Waals surface area contributed by atoms with Crippen LogP contribution in [0.4, 0.5) is 5.95 Å². The van der Waals surface area contributed by atoms with Crippen LogP contribution in [0.5, 0.6) is 0 Å². The molecule has 0 saturated carbocycles. The molecule has 0 spiro atoms. The van der Waals surface area contributed by atoms with Gasteiger partial charge in [0, 0.05) is 6.20 Å². The maximum Gasteiger partial charge on any atom is 0.349 e. The van der Waals surface area contributed by atoms with Crippen LogP contribution in [0.2, 0.25) is 0 Å². The maximum absolute atomic E-state index is 11.5. The minimum Gasteiger partial charge on any atom is -0.288 e. The van der Waals surface area contributed by atoms with E-state index in [9.17, 15) is 4.79 Å². The van der Waals surface area contributed by atoms with Crippen molar-refractivity contribution in [3.05, 3.63) is 47.0 Å². The van der Waals surface area contributed by atoms with Crippen molar-refractivity contribution in [2.24, 2.45) is 5.84 Å². The van der Waals surface area contributed by atoms with Gasteiger partial charge in [0.2, 0.25) is 5.95 Å². The Kier molecular flexibility index (Phi) is 3.67. The summed E-state index contributed by atoms with van der Waals surface area (Å²) in [6.45, 7) is 5.83. The molecule has 2 aromatic rings. The van der Waals surface area contributed by atoms with Crippen LogP contribution in [0.25, 0.3) is 11.5 Å². The molecule has 0 aromatic carbocycles. The number of hydrogen-bond acceptors (Lipinski definition) is 6. The fraction of sp³-hybridized carbons (Fsp3) is 0.167. The molecule has 2 heterocycles. The van der Waals surface area contributed by atoms with Crippen molar-refractivity contribution in [2.45, 2.75) is 6.92 Å². The number of H-pyrrole nitrogens is 1. The molecule has 0 amide bonds. The quantitative estimate of drug-likeness (QED) is 0.467. The molecule has 0 aliphatic carbocycles. The first-order valence-corrected chi connectivity index (χ1v) is 5.64. The zero-order valence-corrected chi connectivity index (χ0v) is 10.5. The second-order valence-corrected chi connectivity index (χ2v) is 3.96. The predicted octanol–water partition coefficient (Wildman–Crippen LogP) is 0.401. The first-order chi connectivity index (χ1) is 9.10. The van der Waals surface area contributed by atoms with Gasteiger partial charge < -0.3 is 0 Å². The van der Waals surface area contributed by atoms with Gasteiger partial charge in [0.25, 0.3) is 0 Å². The molecular formula is C12H14N6O. The first-order valence-electron chi connectivity index (χ1n) is 5.64. The van der Waals surface area contributed by atoms with Crippen LogP contribution >= 0.6 is 0 Å². The van der Waals surface area contributed by atoms with Gasteiger partial charge in [0.15, 0.2) is 5.82 Å². The van der Waals surface area contributed by atoms with Crippen LogP contribution in [-0.2, 0) is 0 Å². The minimum atomic E-state index is -0.525. The lowest BCUT2D eigenvalue weighted by Crippen LogP contribution is -2.34. The normalized spacial score (nSPS) is 10.2. The van der Waals surface area contributed by atoms with E-state index in [1.807, 2.05) is 19.1 Å². The van der Waals surface area contributed by atoms with Gasteiger partial charge in [-0.25, -0.2) is 10.6 Å². The number of hydrazine groups is 1. The number of nitrogens with zero attached hydrogens (tertiary/aromatic N) is 4. The number of anilines is 1. The van der Waals surface area contributed by atoms with Crippen LogP contribution < -0.4 is 16.5 Å². The molecule has 2 rings (SSSR count). The molecule has 0 aliphatic heterocycles. The Morgan fingerprint density at radius 1 is 1.53 bits per heavy atom. The van der Waals surface area contributed by atoms with E-state index in [0.29, 0.717) is 18.1 Å². The van der Waals surface area contributed by atoms with Crippen molar-refractivity contribution in [2.75, 3.05) is 11.6 Å². The molecule has 3 N–H and O–H groups in total. The number of aromatic nitrogens is 4. The molecule has 0 atom stereocenters. The van der Waals surface area contributed by atoms with Gasteiger partial charge in [0.1, 0.15) is 5.69 Å². The standard InChI is InChI=1S/C12H14N6O/c1-3-6-18(13)11-15-10(16-12(19)17-11)9-7-8(2)4-5-14-9/h3-5,7H,1,6,13H2,2H3,(H,15,16,17,19). The number of aryl methyl sites for hydroxylation is 1. The van der Waals surface area contributed by atoms with E-state index in [-0.39, 0.29) is 5.95 Å². The Morgan fingerprint density at radius 3 is 3.00 bits per heavy atom. The molecule has 0 unspecified atom stereocenters. The van der Waals surface area contributed by atoms with Crippen molar-refractivity contribution in [1.29, 1.82) is 0 Å². The van der Waals surface area contributed by atoms with E-state index in [1.165, 1.54) is 5.01 Å². The van der Waals surface area contributed by atoms with Gasteiger partial charge in [-0.1, -0.05) is 6.08 Å². The summed E-state index contributed by atoms with van der Waals surface area (Å²) in [5, 5.41) is 1.24. The van der Waals surface area contributed by atoms with Crippen LogP contribution in [0.3, 0.4) is 0 Å². The fourth-order valence-corrected chi connectivity index (χ4v) is 1.51. The molecule has 0 bridgehead atoms. The molecule has 0 aliphatic rings. The second kappa shape index (κ2) is 5.40. The van der Waals surface area contributed by atoms with E-state index in [2.05, 4.69) is 26.5 Å². The largest absolute Gasteiger partial charge is 0.349 e. The van der Waals surface area contributed by atoms with Crippen LogP contribution in [0.1, 0.15) is 5.56 Å². The summed E-state index contributed by atoms with van der Waals surface area (Å²) < 4.78 is 0. The van der Waals surface area contributed by atoms with E-state index in [1.54, 1.807) is 12.3 Å². The van der Waals surface area contributed by atoms with Crippen LogP contribution in [0, 0.1) is 6.92 Å². The number of aromatic amines is 1. The van der Waals surface area contributed by atoms with Crippen molar-refractivity contribution in [3.63, 3.8) is 0 Å². The number of hydrogen-bond donors (Lipinski definition) is 2. The van der Waals surface area contributed by atoms with E-state index in [0.717, 1.165) is 5.56 Å². The van der Waals surface area contributed by atoms with Crippen molar-refractivity contribution < 1.29 is 0 Å². The second-order valence-electron chi connectivity index (χ2n) is 3.96. The highest BCUT2D eigenvalue weighted by Gasteiger charge is 2.09. The number of rotatable bonds is 4. The van der Waals surface area contributed by atoms with Gasteiger partial charge in [-0.05, 0) is 24.6 Å². The molecule has 0 radical (unpaired) electrons. The monoisotopic (exact) mass is 258 g/mol. The molecule has 7 nitrogen and oxygen atoms in total. The Morgan fingerprint density at radius 2 is 2.32 bits per heavy atom. The third-order valence-electron chi connectivity index (χ3n) is 2.38. The molecule has 7 heteroatoms. The predicted molar refractivity (Wildman–Crippen MR) is 72.4 cm³/mol. The molecule has 19 heavy (non-hydrogen) atoms. The summed E-state index contributed by atoms with van der Waals surface area (Å²) in [5.74, 6) is 6.17. The van der Waals surface area contributed by atoms with Crippen LogP contribution in [0.15, 0.2) is 35.8 Å². The summed E-state index contributed by atoms with van der Waals surface area (Å²) in [6.07, 6.45) is 3.24. The Balaban J connectivity index is 2.47. The summed E-state index contributed by atoms with van der Waals surface area (Å²) >= 11 is 0. The van der Waals surface area contributed by atoms with Gasteiger partial charge in [-0.15, -0.1) is 6.58 Å². The van der Waals surface area contributed by atoms with Gasteiger partial charge in [0.05, 0.1) is 6.54 Å². The van der Waals surface area contributed by atoms with Crippen LogP contribution in [-0.4, -0.2) is 26.5 Å². The van der Waals surface area contributed by atoms with Crippen molar-refractivity contribution in [3.8, 4) is 11.5 Å². The Hall–Kier alpha value is -2.54. The van der Waals surface area contributed by atoms with Crippen molar-refractivity contribution in [1.82, 2.24) is 19.9 Å². The van der Waals surface area contributed by atoms with Gasteiger partial charge >= 0.3 is 5.69 Å². The topological polar surface area (TPSA) is 101 Å². The van der Waals surface area contributed by atoms with Gasteiger partial charge in [-0.3, -0.25) is 15.0 Å². The highest BCUT2D eigenvalue weighted by Crippen LogP contribution is 2.13. The smallest absolute Gasteiger partial charge is 0.288 e. The highest BCUT2D eigenvalue weighted by atomic mass is 16.1. The summed E-state index contributed by atoms with van der Waals surface area (Å²) in [7, 11) is 0. The van der Waals surface area contributed by atoms with E-state index >= 15 is 0 Å². The zero-order chi connectivity index (χ0) is 13.8. The first kappa shape index (κ1) is 12.9. The van der Waals surface area contributed by atoms with E-state index in [4.69, 9.17) is 5.84 Å². The number of pyridine rings is 1. The lowest BCUT2D eigenvalue weighted by atomic mass is 10.2.